The summed E-state index contributed by atoms with van der Waals surface area (Å²) >= 11 is 11.8. The van der Waals surface area contributed by atoms with Crippen LogP contribution in [0, 0.1) is 35.5 Å². The van der Waals surface area contributed by atoms with Crippen LogP contribution in [0.3, 0.4) is 0 Å². The van der Waals surface area contributed by atoms with Crippen molar-refractivity contribution < 1.29 is 23.9 Å². The SMILES string of the molecule is O=C(CCN1C(=O)[C@H]2[C@@H]3C=C[C@@H]([C@H]4C[C@H]34)[C@@H]2C1=O)OCC(=O)c1ccc(Cl)cc1Cl. The van der Waals surface area contributed by atoms with Gasteiger partial charge in [0.05, 0.1) is 23.3 Å². The van der Waals surface area contributed by atoms with Crippen LogP contribution in [-0.4, -0.2) is 41.6 Å². The smallest absolute Gasteiger partial charge is 0.308 e. The molecule has 3 fully saturated rings. The van der Waals surface area contributed by atoms with E-state index < -0.39 is 18.4 Å². The minimum atomic E-state index is -0.646. The Morgan fingerprint density at radius 2 is 1.67 bits per heavy atom. The van der Waals surface area contributed by atoms with Crippen molar-refractivity contribution in [3.05, 3.63) is 46.0 Å². The summed E-state index contributed by atoms with van der Waals surface area (Å²) in [6.07, 6.45) is 5.18. The average molecular weight is 448 g/mol. The Balaban J connectivity index is 1.16. The van der Waals surface area contributed by atoms with Crippen molar-refractivity contribution >= 4 is 46.8 Å². The van der Waals surface area contributed by atoms with Crippen molar-refractivity contribution in [3.8, 4) is 0 Å². The predicted molar refractivity (Wildman–Crippen MR) is 108 cm³/mol. The number of esters is 1. The Morgan fingerprint density at radius 3 is 2.27 bits per heavy atom. The van der Waals surface area contributed by atoms with Gasteiger partial charge in [-0.2, -0.15) is 0 Å². The number of halogens is 2. The second-order valence-electron chi connectivity index (χ2n) is 8.44. The third kappa shape index (κ3) is 3.08. The molecule has 2 bridgehead atoms. The average Bonchev–Trinajstić information content (AvgIpc) is 3.49. The van der Waals surface area contributed by atoms with Crippen molar-refractivity contribution in [3.63, 3.8) is 0 Å². The molecule has 8 heteroatoms. The molecule has 1 aliphatic heterocycles. The first-order chi connectivity index (χ1) is 14.4. The molecule has 0 radical (unpaired) electrons. The summed E-state index contributed by atoms with van der Waals surface area (Å²) in [5, 5.41) is 0.579. The maximum atomic E-state index is 12.9. The number of rotatable bonds is 6. The molecule has 5 aliphatic rings. The van der Waals surface area contributed by atoms with Gasteiger partial charge in [-0.25, -0.2) is 0 Å². The van der Waals surface area contributed by atoms with E-state index in [9.17, 15) is 19.2 Å². The lowest BCUT2D eigenvalue weighted by atomic mass is 9.63. The number of amides is 2. The van der Waals surface area contributed by atoms with Crippen LogP contribution in [0.2, 0.25) is 10.0 Å². The number of nitrogens with zero attached hydrogens (tertiary/aromatic N) is 1. The minimum Gasteiger partial charge on any atom is -0.457 e. The fraction of sp³-hybridized carbons (Fsp3) is 0.455. The zero-order valence-electron chi connectivity index (χ0n) is 15.9. The third-order valence-corrected chi connectivity index (χ3v) is 7.44. The first kappa shape index (κ1) is 19.8. The molecule has 4 aliphatic carbocycles. The standard InChI is InChI=1S/C22H19Cl2NO5/c23-10-1-2-13(16(24)7-10)17(26)9-30-18(27)5-6-25-21(28)19-11-3-4-12(15-8-14(11)15)20(19)22(25)29/h1-4,7,11-12,14-15,19-20H,5-6,8-9H2/t11-,12+,14-,15-,19+,20+/m1/s1. The topological polar surface area (TPSA) is 80.8 Å². The predicted octanol–water partition coefficient (Wildman–Crippen LogP) is 3.16. The molecule has 156 valence electrons. The fourth-order valence-electron chi connectivity index (χ4n) is 5.45. The summed E-state index contributed by atoms with van der Waals surface area (Å²) in [5.74, 6) is -0.624. The molecule has 6 nitrogen and oxygen atoms in total. The highest BCUT2D eigenvalue weighted by molar-refractivity contribution is 6.36. The molecule has 0 unspecified atom stereocenters. The van der Waals surface area contributed by atoms with E-state index in [4.69, 9.17) is 27.9 Å². The Morgan fingerprint density at radius 1 is 1.03 bits per heavy atom. The molecule has 1 aromatic rings. The maximum absolute atomic E-state index is 12.9. The minimum absolute atomic E-state index is 0.0197. The molecule has 2 amide bonds. The molecular weight excluding hydrogens is 429 g/mol. The van der Waals surface area contributed by atoms with E-state index in [0.29, 0.717) is 16.9 Å². The van der Waals surface area contributed by atoms with Crippen molar-refractivity contribution in [1.82, 2.24) is 4.90 Å². The van der Waals surface area contributed by atoms with Gasteiger partial charge in [-0.3, -0.25) is 24.1 Å². The highest BCUT2D eigenvalue weighted by atomic mass is 35.5. The molecule has 30 heavy (non-hydrogen) atoms. The largest absolute Gasteiger partial charge is 0.457 e. The van der Waals surface area contributed by atoms with Gasteiger partial charge in [-0.1, -0.05) is 35.4 Å². The van der Waals surface area contributed by atoms with E-state index in [1.54, 1.807) is 0 Å². The second-order valence-corrected chi connectivity index (χ2v) is 9.28. The van der Waals surface area contributed by atoms with Gasteiger partial charge in [0.25, 0.3) is 0 Å². The number of benzene rings is 1. The van der Waals surface area contributed by atoms with Gasteiger partial charge in [0.1, 0.15) is 0 Å². The Labute approximate surface area is 183 Å². The van der Waals surface area contributed by atoms with Crippen LogP contribution in [0.5, 0.6) is 0 Å². The Hall–Kier alpha value is -2.18. The van der Waals surface area contributed by atoms with Crippen molar-refractivity contribution in [2.45, 2.75) is 12.8 Å². The van der Waals surface area contributed by atoms with E-state index in [-0.39, 0.29) is 59.0 Å². The highest BCUT2D eigenvalue weighted by Crippen LogP contribution is 2.65. The molecule has 0 aromatic heterocycles. The summed E-state index contributed by atoms with van der Waals surface area (Å²) in [7, 11) is 0. The van der Waals surface area contributed by atoms with Crippen molar-refractivity contribution in [2.24, 2.45) is 35.5 Å². The van der Waals surface area contributed by atoms with Crippen molar-refractivity contribution in [2.75, 3.05) is 13.2 Å². The van der Waals surface area contributed by atoms with E-state index in [1.165, 1.54) is 23.1 Å². The summed E-state index contributed by atoms with van der Waals surface area (Å²) in [5.41, 5.74) is 0.212. The first-order valence-electron chi connectivity index (χ1n) is 10.0. The molecule has 0 spiro atoms. The molecule has 6 rings (SSSR count). The monoisotopic (exact) mass is 447 g/mol. The molecule has 2 saturated carbocycles. The van der Waals surface area contributed by atoms with Crippen LogP contribution >= 0.6 is 23.2 Å². The number of ether oxygens (including phenoxy) is 1. The number of allylic oxidation sites excluding steroid dienone is 2. The van der Waals surface area contributed by atoms with Gasteiger partial charge in [-0.05, 0) is 48.3 Å². The van der Waals surface area contributed by atoms with Crippen LogP contribution in [0.25, 0.3) is 0 Å². The molecule has 1 heterocycles. The molecular formula is C22H19Cl2NO5. The number of Topliss-reactive ketones (excluding diaryl/α,β-unsaturated/α-hetero) is 1. The van der Waals surface area contributed by atoms with Gasteiger partial charge < -0.3 is 4.74 Å². The number of carbonyl (C=O) groups is 4. The van der Waals surface area contributed by atoms with Gasteiger partial charge in [0, 0.05) is 17.1 Å². The Kier molecular flexibility index (Phi) is 4.75. The van der Waals surface area contributed by atoms with E-state index in [2.05, 4.69) is 12.2 Å². The van der Waals surface area contributed by atoms with Gasteiger partial charge in [-0.15, -0.1) is 0 Å². The van der Waals surface area contributed by atoms with Gasteiger partial charge >= 0.3 is 5.97 Å². The lowest BCUT2D eigenvalue weighted by molar-refractivity contribution is -0.145. The second kappa shape index (κ2) is 7.20. The van der Waals surface area contributed by atoms with Crippen molar-refractivity contribution in [1.29, 1.82) is 0 Å². The first-order valence-corrected chi connectivity index (χ1v) is 10.8. The van der Waals surface area contributed by atoms with Gasteiger partial charge in [0.15, 0.2) is 6.61 Å². The lowest BCUT2D eigenvalue weighted by Crippen LogP contribution is -2.40. The van der Waals surface area contributed by atoms with E-state index >= 15 is 0 Å². The number of carbonyl (C=O) groups excluding carboxylic acids is 4. The fourth-order valence-corrected chi connectivity index (χ4v) is 5.97. The highest BCUT2D eigenvalue weighted by Gasteiger charge is 2.66. The number of imide groups is 1. The third-order valence-electron chi connectivity index (χ3n) is 6.89. The van der Waals surface area contributed by atoms with Crippen LogP contribution in [0.15, 0.2) is 30.4 Å². The summed E-state index contributed by atoms with van der Waals surface area (Å²) in [6, 6.07) is 4.43. The van der Waals surface area contributed by atoms with Crippen LogP contribution in [0.1, 0.15) is 23.2 Å². The lowest BCUT2D eigenvalue weighted by Gasteiger charge is -2.37. The quantitative estimate of drug-likeness (QED) is 0.289. The van der Waals surface area contributed by atoms with Crippen LogP contribution in [0.4, 0.5) is 0 Å². The number of ketones is 1. The zero-order chi connectivity index (χ0) is 21.2. The van der Waals surface area contributed by atoms with E-state index in [1.807, 2.05) is 0 Å². The summed E-state index contributed by atoms with van der Waals surface area (Å²) in [6.45, 7) is -0.487. The molecule has 1 aromatic carbocycles. The molecule has 6 atom stereocenters. The molecule has 0 N–H and O–H groups in total. The van der Waals surface area contributed by atoms with Crippen LogP contribution in [-0.2, 0) is 19.1 Å². The number of hydrogen-bond donors (Lipinski definition) is 0. The molecule has 1 saturated heterocycles. The summed E-state index contributed by atoms with van der Waals surface area (Å²) in [4.78, 5) is 51.3. The summed E-state index contributed by atoms with van der Waals surface area (Å²) < 4.78 is 5.03. The maximum Gasteiger partial charge on any atom is 0.308 e. The number of likely N-dealkylation sites (tertiary alicyclic amines) is 1. The van der Waals surface area contributed by atoms with Crippen LogP contribution < -0.4 is 0 Å². The van der Waals surface area contributed by atoms with E-state index in [0.717, 1.165) is 6.42 Å². The normalized spacial score (nSPS) is 32.8. The number of hydrogen-bond acceptors (Lipinski definition) is 5. The Bertz CT molecular complexity index is 969. The zero-order valence-corrected chi connectivity index (χ0v) is 17.4. The van der Waals surface area contributed by atoms with Gasteiger partial charge in [0.2, 0.25) is 17.6 Å².